The molecule has 5 nitrogen and oxygen atoms in total. The van der Waals surface area contributed by atoms with E-state index in [2.05, 4.69) is 33.4 Å². The molecule has 4 rings (SSSR count). The summed E-state index contributed by atoms with van der Waals surface area (Å²) in [7, 11) is 0. The smallest absolute Gasteiger partial charge is 0.321 e. The first kappa shape index (κ1) is 15.3. The number of benzene rings is 2. The number of likely N-dealkylation sites (tertiary alicyclic amines) is 1. The molecule has 1 fully saturated rings. The van der Waals surface area contributed by atoms with Crippen LogP contribution in [-0.2, 0) is 6.42 Å². The zero-order valence-electron chi connectivity index (χ0n) is 13.0. The van der Waals surface area contributed by atoms with Crippen LogP contribution in [0.5, 0.6) is 11.5 Å². The summed E-state index contributed by atoms with van der Waals surface area (Å²) in [5.41, 5.74) is 1.94. The third kappa shape index (κ3) is 2.94. The van der Waals surface area contributed by atoms with Crippen LogP contribution in [0.15, 0.2) is 46.9 Å². The lowest BCUT2D eigenvalue weighted by molar-refractivity contribution is 0.131. The highest BCUT2D eigenvalue weighted by atomic mass is 79.9. The van der Waals surface area contributed by atoms with Gasteiger partial charge in [-0.2, -0.15) is 0 Å². The summed E-state index contributed by atoms with van der Waals surface area (Å²) in [6.07, 6.45) is 0.975. The lowest BCUT2D eigenvalue weighted by atomic mass is 9.92. The molecule has 2 aliphatic heterocycles. The van der Waals surface area contributed by atoms with E-state index in [-0.39, 0.29) is 12.8 Å². The Morgan fingerprint density at radius 3 is 2.83 bits per heavy atom. The minimum atomic E-state index is -0.0951. The fourth-order valence-corrected chi connectivity index (χ4v) is 3.51. The predicted octanol–water partition coefficient (Wildman–Crippen LogP) is 3.88. The van der Waals surface area contributed by atoms with Crippen LogP contribution in [0.2, 0.25) is 0 Å². The van der Waals surface area contributed by atoms with E-state index in [9.17, 15) is 4.79 Å². The maximum Gasteiger partial charge on any atom is 0.321 e. The Balaban J connectivity index is 1.33. The van der Waals surface area contributed by atoms with Gasteiger partial charge in [0.1, 0.15) is 0 Å². The molecule has 24 heavy (non-hydrogen) atoms. The van der Waals surface area contributed by atoms with Gasteiger partial charge in [-0.05, 0) is 36.1 Å². The first-order valence-electron chi connectivity index (χ1n) is 7.88. The van der Waals surface area contributed by atoms with Gasteiger partial charge in [0.05, 0.1) is 5.69 Å². The maximum atomic E-state index is 12.4. The third-order valence-corrected chi connectivity index (χ3v) is 5.12. The number of anilines is 1. The molecule has 0 bridgehead atoms. The normalized spacial score (nSPS) is 16.0. The van der Waals surface area contributed by atoms with Gasteiger partial charge in [-0.1, -0.05) is 40.2 Å². The van der Waals surface area contributed by atoms with E-state index in [1.807, 2.05) is 35.2 Å². The number of ether oxygens (including phenoxy) is 2. The van der Waals surface area contributed by atoms with Crippen LogP contribution in [-0.4, -0.2) is 30.8 Å². The summed E-state index contributed by atoms with van der Waals surface area (Å²) in [6, 6.07) is 13.6. The molecule has 1 saturated heterocycles. The first-order valence-corrected chi connectivity index (χ1v) is 8.68. The Hall–Kier alpha value is -2.21. The van der Waals surface area contributed by atoms with Gasteiger partial charge in [0, 0.05) is 17.6 Å². The summed E-state index contributed by atoms with van der Waals surface area (Å²) in [6.45, 7) is 1.72. The number of halogens is 1. The van der Waals surface area contributed by atoms with Crippen LogP contribution >= 0.6 is 15.9 Å². The van der Waals surface area contributed by atoms with Crippen molar-refractivity contribution in [2.24, 2.45) is 5.92 Å². The highest BCUT2D eigenvalue weighted by Gasteiger charge is 2.31. The van der Waals surface area contributed by atoms with Gasteiger partial charge in [-0.25, -0.2) is 4.79 Å². The van der Waals surface area contributed by atoms with Crippen molar-refractivity contribution in [2.45, 2.75) is 6.42 Å². The highest BCUT2D eigenvalue weighted by Crippen LogP contribution is 2.39. The van der Waals surface area contributed by atoms with Gasteiger partial charge in [0.2, 0.25) is 6.79 Å². The summed E-state index contributed by atoms with van der Waals surface area (Å²) in [4.78, 5) is 14.2. The Morgan fingerprint density at radius 1 is 1.17 bits per heavy atom. The average molecular weight is 389 g/mol. The molecule has 0 aromatic heterocycles. The molecule has 0 radical (unpaired) electrons. The molecule has 0 aliphatic carbocycles. The highest BCUT2D eigenvalue weighted by molar-refractivity contribution is 9.10. The van der Waals surface area contributed by atoms with E-state index in [1.54, 1.807) is 0 Å². The van der Waals surface area contributed by atoms with Crippen molar-refractivity contribution in [3.05, 3.63) is 52.5 Å². The number of hydrogen-bond acceptors (Lipinski definition) is 3. The van der Waals surface area contributed by atoms with Crippen LogP contribution < -0.4 is 14.8 Å². The predicted molar refractivity (Wildman–Crippen MR) is 94.5 cm³/mol. The molecule has 0 unspecified atom stereocenters. The minimum absolute atomic E-state index is 0.0951. The van der Waals surface area contributed by atoms with Gasteiger partial charge >= 0.3 is 6.03 Å². The summed E-state index contributed by atoms with van der Waals surface area (Å²) < 4.78 is 11.9. The van der Waals surface area contributed by atoms with Gasteiger partial charge < -0.3 is 19.7 Å². The molecule has 124 valence electrons. The van der Waals surface area contributed by atoms with E-state index in [0.717, 1.165) is 24.0 Å². The van der Waals surface area contributed by atoms with Crippen LogP contribution in [0.4, 0.5) is 10.5 Å². The van der Waals surface area contributed by atoms with E-state index in [1.165, 1.54) is 5.56 Å². The molecule has 2 aromatic carbocycles. The summed E-state index contributed by atoms with van der Waals surface area (Å²) >= 11 is 3.58. The van der Waals surface area contributed by atoms with Crippen LogP contribution in [0.3, 0.4) is 0 Å². The lowest BCUT2D eigenvalue weighted by Crippen LogP contribution is -2.52. The van der Waals surface area contributed by atoms with Crippen molar-refractivity contribution in [1.29, 1.82) is 0 Å². The second-order valence-corrected chi connectivity index (χ2v) is 6.89. The van der Waals surface area contributed by atoms with Crippen LogP contribution in [0.25, 0.3) is 0 Å². The molecular formula is C18H17BrN2O3. The standard InChI is InChI=1S/C18H17BrN2O3/c19-14-5-2-1-4-13(14)8-12-9-21(10-12)18(22)20-15-6-3-7-16-17(15)24-11-23-16/h1-7,12H,8-11H2,(H,20,22). The fraction of sp³-hybridized carbons (Fsp3) is 0.278. The molecule has 1 N–H and O–H groups in total. The second-order valence-electron chi connectivity index (χ2n) is 6.04. The van der Waals surface area contributed by atoms with E-state index in [0.29, 0.717) is 23.1 Å². The van der Waals surface area contributed by atoms with Crippen molar-refractivity contribution in [1.82, 2.24) is 4.90 Å². The van der Waals surface area contributed by atoms with Crippen LogP contribution in [0.1, 0.15) is 5.56 Å². The maximum absolute atomic E-state index is 12.4. The SMILES string of the molecule is O=C(Nc1cccc2c1OCO2)N1CC(Cc2ccccc2Br)C1. The van der Waals surface area contributed by atoms with Crippen molar-refractivity contribution in [3.63, 3.8) is 0 Å². The van der Waals surface area contributed by atoms with Crippen molar-refractivity contribution < 1.29 is 14.3 Å². The molecule has 2 heterocycles. The molecule has 0 saturated carbocycles. The molecule has 2 amide bonds. The van der Waals surface area contributed by atoms with E-state index < -0.39 is 0 Å². The second kappa shape index (κ2) is 6.36. The number of para-hydroxylation sites is 1. The molecular weight excluding hydrogens is 372 g/mol. The van der Waals surface area contributed by atoms with Crippen molar-refractivity contribution in [3.8, 4) is 11.5 Å². The monoisotopic (exact) mass is 388 g/mol. The number of carbonyl (C=O) groups excluding carboxylic acids is 1. The Kier molecular flexibility index (Phi) is 4.06. The summed E-state index contributed by atoms with van der Waals surface area (Å²) in [5, 5.41) is 2.91. The van der Waals surface area contributed by atoms with Crippen LogP contribution in [0, 0.1) is 5.92 Å². The quantitative estimate of drug-likeness (QED) is 0.867. The number of hydrogen-bond donors (Lipinski definition) is 1. The largest absolute Gasteiger partial charge is 0.454 e. The Labute approximate surface area is 148 Å². The topological polar surface area (TPSA) is 50.8 Å². The Bertz CT molecular complexity index is 775. The van der Waals surface area contributed by atoms with Gasteiger partial charge in [0.25, 0.3) is 0 Å². The zero-order valence-corrected chi connectivity index (χ0v) is 14.6. The summed E-state index contributed by atoms with van der Waals surface area (Å²) in [5.74, 6) is 1.77. The number of nitrogens with zero attached hydrogens (tertiary/aromatic N) is 1. The number of carbonyl (C=O) groups is 1. The van der Waals surface area contributed by atoms with Gasteiger partial charge in [0.15, 0.2) is 11.5 Å². The van der Waals surface area contributed by atoms with Crippen molar-refractivity contribution in [2.75, 3.05) is 25.2 Å². The van der Waals surface area contributed by atoms with Gasteiger partial charge in [-0.3, -0.25) is 0 Å². The van der Waals surface area contributed by atoms with Crippen molar-refractivity contribution >= 4 is 27.6 Å². The fourth-order valence-electron chi connectivity index (χ4n) is 3.06. The molecule has 0 atom stereocenters. The zero-order chi connectivity index (χ0) is 16.5. The number of urea groups is 1. The number of rotatable bonds is 3. The first-order chi connectivity index (χ1) is 11.7. The third-order valence-electron chi connectivity index (χ3n) is 4.35. The number of nitrogens with one attached hydrogen (secondary N) is 1. The molecule has 2 aromatic rings. The lowest BCUT2D eigenvalue weighted by Gasteiger charge is -2.39. The molecule has 2 aliphatic rings. The van der Waals surface area contributed by atoms with Gasteiger partial charge in [-0.15, -0.1) is 0 Å². The van der Waals surface area contributed by atoms with E-state index >= 15 is 0 Å². The van der Waals surface area contributed by atoms with E-state index in [4.69, 9.17) is 9.47 Å². The molecule has 0 spiro atoms. The molecule has 6 heteroatoms. The number of amides is 2. The Morgan fingerprint density at radius 2 is 2.00 bits per heavy atom. The number of fused-ring (bicyclic) bond motifs is 1. The average Bonchev–Trinajstić information content (AvgIpc) is 3.01. The minimum Gasteiger partial charge on any atom is -0.454 e.